The zero-order valence-electron chi connectivity index (χ0n) is 23.0. The van der Waals surface area contributed by atoms with Crippen LogP contribution in [0.3, 0.4) is 0 Å². The number of rotatable bonds is 11. The van der Waals surface area contributed by atoms with E-state index >= 15 is 0 Å². The lowest BCUT2D eigenvalue weighted by Gasteiger charge is -2.41. The van der Waals surface area contributed by atoms with Gasteiger partial charge in [0.2, 0.25) is 5.43 Å². The molecule has 7 nitrogen and oxygen atoms in total. The van der Waals surface area contributed by atoms with Crippen molar-refractivity contribution in [3.8, 4) is 5.75 Å². The first kappa shape index (κ1) is 27.4. The summed E-state index contributed by atoms with van der Waals surface area (Å²) in [6.07, 6.45) is 1.85. The van der Waals surface area contributed by atoms with Crippen molar-refractivity contribution in [1.29, 1.82) is 0 Å². The van der Waals surface area contributed by atoms with E-state index in [0.717, 1.165) is 16.7 Å². The number of nitrogens with zero attached hydrogens (tertiary/aromatic N) is 2. The molecule has 5 rings (SSSR count). The molecule has 1 aliphatic rings. The van der Waals surface area contributed by atoms with Gasteiger partial charge in [0.05, 0.1) is 12.6 Å². The van der Waals surface area contributed by atoms with E-state index in [1.54, 1.807) is 19.1 Å². The van der Waals surface area contributed by atoms with Crippen LogP contribution in [-0.4, -0.2) is 49.2 Å². The first-order valence-corrected chi connectivity index (χ1v) is 13.6. The molecule has 4 aromatic rings. The lowest BCUT2D eigenvalue weighted by Crippen LogP contribution is -2.48. The number of aromatic nitrogens is 1. The molecular formula is C33H35N3O4. The maximum Gasteiger partial charge on any atom is 0.274 e. The highest BCUT2D eigenvalue weighted by Gasteiger charge is 2.39. The maximum atomic E-state index is 14.0. The molecule has 0 bridgehead atoms. The topological polar surface area (TPSA) is 72.8 Å². The molecule has 0 spiro atoms. The summed E-state index contributed by atoms with van der Waals surface area (Å²) in [7, 11) is 3.43. The van der Waals surface area contributed by atoms with E-state index in [1.165, 1.54) is 0 Å². The van der Waals surface area contributed by atoms with Gasteiger partial charge in [0.15, 0.2) is 11.4 Å². The van der Waals surface area contributed by atoms with Gasteiger partial charge in [-0.15, -0.1) is 0 Å². The third kappa shape index (κ3) is 5.71. The molecule has 40 heavy (non-hydrogen) atoms. The predicted molar refractivity (Wildman–Crippen MR) is 156 cm³/mol. The summed E-state index contributed by atoms with van der Waals surface area (Å²) >= 11 is 0. The number of nitrogens with one attached hydrogen (secondary N) is 1. The quantitative estimate of drug-likeness (QED) is 0.302. The number of hydrogen-bond donors (Lipinski definition) is 1. The molecule has 0 radical (unpaired) electrons. The van der Waals surface area contributed by atoms with E-state index in [4.69, 9.17) is 9.47 Å². The van der Waals surface area contributed by atoms with Crippen LogP contribution in [0.15, 0.2) is 102 Å². The lowest BCUT2D eigenvalue weighted by atomic mass is 9.83. The molecule has 0 saturated carbocycles. The normalized spacial score (nSPS) is 14.8. The summed E-state index contributed by atoms with van der Waals surface area (Å²) in [5.74, 6) is -0.218. The first-order valence-electron chi connectivity index (χ1n) is 13.6. The van der Waals surface area contributed by atoms with E-state index in [0.29, 0.717) is 31.8 Å². The van der Waals surface area contributed by atoms with Gasteiger partial charge >= 0.3 is 0 Å². The molecule has 0 fully saturated rings. The Morgan fingerprint density at radius 3 is 2.08 bits per heavy atom. The van der Waals surface area contributed by atoms with Crippen LogP contribution < -0.4 is 15.5 Å². The number of carbonyl (C=O) groups excluding carboxylic acids is 1. The van der Waals surface area contributed by atoms with Crippen LogP contribution in [0.5, 0.6) is 5.75 Å². The van der Waals surface area contributed by atoms with Crippen LogP contribution in [0.2, 0.25) is 0 Å². The Labute approximate surface area is 235 Å². The second-order valence-corrected chi connectivity index (χ2v) is 9.98. The second-order valence-electron chi connectivity index (χ2n) is 9.98. The highest BCUT2D eigenvalue weighted by molar-refractivity contribution is 5.96. The summed E-state index contributed by atoms with van der Waals surface area (Å²) in [6.45, 7) is 1.80. The van der Waals surface area contributed by atoms with Gasteiger partial charge in [-0.2, -0.15) is 0 Å². The van der Waals surface area contributed by atoms with E-state index in [9.17, 15) is 9.59 Å². The van der Waals surface area contributed by atoms with Gasteiger partial charge in [-0.05, 0) is 23.7 Å². The number of benzene rings is 3. The van der Waals surface area contributed by atoms with Crippen LogP contribution in [0.4, 0.5) is 0 Å². The number of ether oxygens (including phenoxy) is 2. The van der Waals surface area contributed by atoms with Crippen molar-refractivity contribution >= 4 is 5.91 Å². The van der Waals surface area contributed by atoms with Crippen molar-refractivity contribution in [2.75, 3.05) is 33.9 Å². The number of fused-ring (bicyclic) bond motifs is 1. The van der Waals surface area contributed by atoms with E-state index in [1.807, 2.05) is 77.5 Å². The van der Waals surface area contributed by atoms with Gasteiger partial charge < -0.3 is 24.3 Å². The number of carbonyl (C=O) groups is 1. The van der Waals surface area contributed by atoms with Crippen LogP contribution in [-0.2, 0) is 17.9 Å². The average Bonchev–Trinajstić information content (AvgIpc) is 2.99. The molecule has 1 atom stereocenters. The molecule has 2 heterocycles. The van der Waals surface area contributed by atoms with Crippen LogP contribution in [0.25, 0.3) is 0 Å². The molecule has 1 aromatic heterocycles. The average molecular weight is 538 g/mol. The monoisotopic (exact) mass is 537 g/mol. The molecule has 7 heteroatoms. The molecular weight excluding hydrogens is 502 g/mol. The standard InChI is InChI=1S/C33H35N3O4/c1-34-20-27-21-36-28(29(25-14-8-4-9-15-25)26-16-10-5-11-17-26)22-35(18-19-39-2)33(38)30(36)32(31(27)37)40-23-24-12-6-3-7-13-24/h3-17,21,28-29,34H,18-20,22-23H2,1-2H3/t28-/m1/s1. The predicted octanol–water partition coefficient (Wildman–Crippen LogP) is 4.62. The molecule has 206 valence electrons. The Morgan fingerprint density at radius 2 is 1.50 bits per heavy atom. The van der Waals surface area contributed by atoms with Crippen LogP contribution in [0, 0.1) is 0 Å². The minimum atomic E-state index is -0.270. The molecule has 0 unspecified atom stereocenters. The first-order chi connectivity index (χ1) is 19.6. The Balaban J connectivity index is 1.71. The van der Waals surface area contributed by atoms with Crippen molar-refractivity contribution < 1.29 is 14.3 Å². The van der Waals surface area contributed by atoms with Gasteiger partial charge in [0.25, 0.3) is 5.91 Å². The van der Waals surface area contributed by atoms with E-state index in [-0.39, 0.29) is 41.3 Å². The Bertz CT molecular complexity index is 1430. The van der Waals surface area contributed by atoms with Crippen LogP contribution in [0.1, 0.15) is 44.7 Å². The summed E-state index contributed by atoms with van der Waals surface area (Å²) in [4.78, 5) is 29.6. The molecule has 0 aliphatic carbocycles. The smallest absolute Gasteiger partial charge is 0.274 e. The van der Waals surface area contributed by atoms with Crippen molar-refractivity contribution in [3.05, 3.63) is 135 Å². The fourth-order valence-electron chi connectivity index (χ4n) is 5.48. The molecule has 1 amide bonds. The summed E-state index contributed by atoms with van der Waals surface area (Å²) < 4.78 is 13.6. The van der Waals surface area contributed by atoms with E-state index in [2.05, 4.69) is 29.6 Å². The van der Waals surface area contributed by atoms with Gasteiger partial charge in [-0.3, -0.25) is 9.59 Å². The highest BCUT2D eigenvalue weighted by Crippen LogP contribution is 2.40. The zero-order chi connectivity index (χ0) is 27.9. The highest BCUT2D eigenvalue weighted by atomic mass is 16.5. The Kier molecular flexibility index (Phi) is 8.74. The summed E-state index contributed by atoms with van der Waals surface area (Å²) in [5, 5.41) is 3.11. The third-order valence-electron chi connectivity index (χ3n) is 7.38. The second kappa shape index (κ2) is 12.8. The minimum Gasteiger partial charge on any atom is -0.483 e. The van der Waals surface area contributed by atoms with Crippen molar-refractivity contribution in [2.24, 2.45) is 0 Å². The van der Waals surface area contributed by atoms with E-state index < -0.39 is 0 Å². The van der Waals surface area contributed by atoms with Crippen molar-refractivity contribution in [1.82, 2.24) is 14.8 Å². The number of methoxy groups -OCH3 is 1. The van der Waals surface area contributed by atoms with Gasteiger partial charge in [-0.25, -0.2) is 0 Å². The summed E-state index contributed by atoms with van der Waals surface area (Å²) in [5.41, 5.74) is 3.75. The largest absolute Gasteiger partial charge is 0.483 e. The van der Waals surface area contributed by atoms with Crippen LogP contribution >= 0.6 is 0 Å². The third-order valence-corrected chi connectivity index (χ3v) is 7.38. The van der Waals surface area contributed by atoms with Gasteiger partial charge in [-0.1, -0.05) is 91.0 Å². The number of pyridine rings is 1. The number of hydrogen-bond acceptors (Lipinski definition) is 5. The lowest BCUT2D eigenvalue weighted by molar-refractivity contribution is 0.0579. The summed E-state index contributed by atoms with van der Waals surface area (Å²) in [6, 6.07) is 30.1. The fraction of sp³-hybridized carbons (Fsp3) is 0.273. The van der Waals surface area contributed by atoms with Gasteiger partial charge in [0, 0.05) is 44.4 Å². The Hall–Kier alpha value is -4.20. The maximum absolute atomic E-state index is 14.0. The number of amides is 1. The van der Waals surface area contributed by atoms with Crippen molar-refractivity contribution in [3.63, 3.8) is 0 Å². The Morgan fingerprint density at radius 1 is 0.900 bits per heavy atom. The van der Waals surface area contributed by atoms with Gasteiger partial charge in [0.1, 0.15) is 6.61 Å². The molecule has 1 N–H and O–H groups in total. The molecule has 3 aromatic carbocycles. The zero-order valence-corrected chi connectivity index (χ0v) is 23.0. The molecule has 0 saturated heterocycles. The minimum absolute atomic E-state index is 0.0776. The SMILES string of the molecule is CNCc1cn2c(c(OCc3ccccc3)c1=O)C(=O)N(CCOC)C[C@@H]2C(c1ccccc1)c1ccccc1. The van der Waals surface area contributed by atoms with Crippen molar-refractivity contribution in [2.45, 2.75) is 25.1 Å². The molecule has 1 aliphatic heterocycles. The fourth-order valence-corrected chi connectivity index (χ4v) is 5.48.